The van der Waals surface area contributed by atoms with Gasteiger partial charge in [0.05, 0.1) is 12.0 Å². The van der Waals surface area contributed by atoms with Gasteiger partial charge < -0.3 is 10.5 Å². The maximum atomic E-state index is 10.7. The van der Waals surface area contributed by atoms with Crippen LogP contribution in [0.4, 0.5) is 5.69 Å². The number of ether oxygens (including phenoxy) is 1. The number of carbonyl (C=O) groups excluding carboxylic acids is 1. The molecule has 0 spiro atoms. The standard InChI is InChI=1S/C8H8N2O4/c1-14-7-3-2-5(8(9)11)4-6(7)10(12)13/h2-4H,1H3,(H2,9,11). The van der Waals surface area contributed by atoms with Gasteiger partial charge in [0.1, 0.15) is 0 Å². The third-order valence-electron chi connectivity index (χ3n) is 1.66. The van der Waals surface area contributed by atoms with Gasteiger partial charge in [0.15, 0.2) is 5.75 Å². The van der Waals surface area contributed by atoms with Gasteiger partial charge in [0.2, 0.25) is 5.91 Å². The van der Waals surface area contributed by atoms with Crippen LogP contribution in [0.2, 0.25) is 0 Å². The molecule has 1 amide bonds. The number of hydrogen-bond acceptors (Lipinski definition) is 4. The first-order chi connectivity index (χ1) is 6.56. The topological polar surface area (TPSA) is 95.5 Å². The predicted octanol–water partition coefficient (Wildman–Crippen LogP) is 0.702. The van der Waals surface area contributed by atoms with Crippen molar-refractivity contribution in [2.24, 2.45) is 5.73 Å². The van der Waals surface area contributed by atoms with Gasteiger partial charge in [-0.2, -0.15) is 0 Å². The third-order valence-corrected chi connectivity index (χ3v) is 1.66. The molecule has 0 unspecified atom stereocenters. The summed E-state index contributed by atoms with van der Waals surface area (Å²) in [5.41, 5.74) is 4.78. The SMILES string of the molecule is COc1ccc(C(N)=O)cc1[N+](=O)[O-]. The zero-order chi connectivity index (χ0) is 10.7. The van der Waals surface area contributed by atoms with Crippen molar-refractivity contribution in [2.75, 3.05) is 7.11 Å². The summed E-state index contributed by atoms with van der Waals surface area (Å²) >= 11 is 0. The molecule has 0 fully saturated rings. The van der Waals surface area contributed by atoms with Gasteiger partial charge >= 0.3 is 5.69 Å². The van der Waals surface area contributed by atoms with E-state index in [4.69, 9.17) is 10.5 Å². The highest BCUT2D eigenvalue weighted by molar-refractivity contribution is 5.93. The molecule has 0 atom stereocenters. The number of nitro benzene ring substituents is 1. The highest BCUT2D eigenvalue weighted by Gasteiger charge is 2.16. The van der Waals surface area contributed by atoms with Crippen LogP contribution in [-0.2, 0) is 0 Å². The van der Waals surface area contributed by atoms with E-state index in [-0.39, 0.29) is 17.0 Å². The van der Waals surface area contributed by atoms with Crippen LogP contribution in [0, 0.1) is 10.1 Å². The summed E-state index contributed by atoms with van der Waals surface area (Å²) in [7, 11) is 1.31. The van der Waals surface area contributed by atoms with E-state index in [0.29, 0.717) is 0 Å². The van der Waals surface area contributed by atoms with Crippen LogP contribution in [0.5, 0.6) is 5.75 Å². The number of benzene rings is 1. The molecule has 0 bridgehead atoms. The molecule has 74 valence electrons. The van der Waals surface area contributed by atoms with E-state index in [1.807, 2.05) is 0 Å². The lowest BCUT2D eigenvalue weighted by molar-refractivity contribution is -0.385. The molecule has 1 rings (SSSR count). The van der Waals surface area contributed by atoms with Gasteiger partial charge in [0.25, 0.3) is 0 Å². The number of hydrogen-bond donors (Lipinski definition) is 1. The normalized spacial score (nSPS) is 9.50. The van der Waals surface area contributed by atoms with Crippen molar-refractivity contribution in [3.63, 3.8) is 0 Å². The summed E-state index contributed by atoms with van der Waals surface area (Å²) in [6.07, 6.45) is 0. The average molecular weight is 196 g/mol. The van der Waals surface area contributed by atoms with Crippen LogP contribution in [0.15, 0.2) is 18.2 Å². The molecule has 6 heteroatoms. The Morgan fingerprint density at radius 3 is 2.64 bits per heavy atom. The molecule has 0 aliphatic heterocycles. The zero-order valence-electron chi connectivity index (χ0n) is 7.39. The van der Waals surface area contributed by atoms with Crippen LogP contribution in [0.3, 0.4) is 0 Å². The highest BCUT2D eigenvalue weighted by Crippen LogP contribution is 2.27. The fourth-order valence-electron chi connectivity index (χ4n) is 0.986. The van der Waals surface area contributed by atoms with Gasteiger partial charge in [-0.05, 0) is 12.1 Å². The molecular formula is C8H8N2O4. The van der Waals surface area contributed by atoms with E-state index < -0.39 is 10.8 Å². The first kappa shape index (κ1) is 9.97. The van der Waals surface area contributed by atoms with Crippen LogP contribution < -0.4 is 10.5 Å². The number of rotatable bonds is 3. The number of nitrogens with zero attached hydrogens (tertiary/aromatic N) is 1. The van der Waals surface area contributed by atoms with Crippen LogP contribution in [-0.4, -0.2) is 17.9 Å². The summed E-state index contributed by atoms with van der Waals surface area (Å²) in [5, 5.41) is 10.5. The number of nitrogens with two attached hydrogens (primary N) is 1. The Kier molecular flexibility index (Phi) is 2.66. The van der Waals surface area contributed by atoms with Gasteiger partial charge in [-0.1, -0.05) is 0 Å². The largest absolute Gasteiger partial charge is 0.490 e. The lowest BCUT2D eigenvalue weighted by Gasteiger charge is -2.01. The minimum absolute atomic E-state index is 0.0810. The van der Waals surface area contributed by atoms with Gasteiger partial charge in [0, 0.05) is 11.6 Å². The fourth-order valence-corrected chi connectivity index (χ4v) is 0.986. The van der Waals surface area contributed by atoms with E-state index in [1.165, 1.54) is 19.2 Å². The first-order valence-corrected chi connectivity index (χ1v) is 3.68. The lowest BCUT2D eigenvalue weighted by Crippen LogP contribution is -2.11. The molecule has 0 saturated carbocycles. The number of methoxy groups -OCH3 is 1. The van der Waals surface area contributed by atoms with E-state index >= 15 is 0 Å². The molecule has 0 saturated heterocycles. The van der Waals surface area contributed by atoms with E-state index in [2.05, 4.69) is 0 Å². The van der Waals surface area contributed by atoms with Crippen LogP contribution in [0.25, 0.3) is 0 Å². The number of amides is 1. The Bertz CT molecular complexity index is 389. The number of primary amides is 1. The summed E-state index contributed by atoms with van der Waals surface area (Å²) in [4.78, 5) is 20.6. The number of nitro groups is 1. The molecule has 0 aliphatic rings. The maximum absolute atomic E-state index is 10.7. The Balaban J connectivity index is 3.27. The Labute approximate surface area is 79.4 Å². The second kappa shape index (κ2) is 3.73. The van der Waals surface area contributed by atoms with Crippen molar-refractivity contribution in [1.29, 1.82) is 0 Å². The average Bonchev–Trinajstić information content (AvgIpc) is 2.16. The van der Waals surface area contributed by atoms with Crippen molar-refractivity contribution in [3.05, 3.63) is 33.9 Å². The summed E-state index contributed by atoms with van der Waals surface area (Å²) < 4.78 is 4.75. The van der Waals surface area contributed by atoms with Crippen molar-refractivity contribution in [3.8, 4) is 5.75 Å². The molecule has 0 heterocycles. The molecule has 1 aromatic rings. The van der Waals surface area contributed by atoms with Crippen molar-refractivity contribution < 1.29 is 14.5 Å². The summed E-state index contributed by atoms with van der Waals surface area (Å²) in [6.45, 7) is 0. The molecular weight excluding hydrogens is 188 g/mol. The molecule has 0 radical (unpaired) electrons. The quantitative estimate of drug-likeness (QED) is 0.568. The predicted molar refractivity (Wildman–Crippen MR) is 48.2 cm³/mol. The van der Waals surface area contributed by atoms with Gasteiger partial charge in [-0.25, -0.2) is 0 Å². The van der Waals surface area contributed by atoms with Crippen molar-refractivity contribution in [2.45, 2.75) is 0 Å². The third kappa shape index (κ3) is 1.79. The molecule has 0 aliphatic carbocycles. The van der Waals surface area contributed by atoms with Crippen LogP contribution in [0.1, 0.15) is 10.4 Å². The monoisotopic (exact) mass is 196 g/mol. The fraction of sp³-hybridized carbons (Fsp3) is 0.125. The molecule has 14 heavy (non-hydrogen) atoms. The van der Waals surface area contributed by atoms with Gasteiger partial charge in [-0.15, -0.1) is 0 Å². The van der Waals surface area contributed by atoms with Crippen molar-refractivity contribution >= 4 is 11.6 Å². The molecule has 2 N–H and O–H groups in total. The van der Waals surface area contributed by atoms with E-state index in [1.54, 1.807) is 0 Å². The summed E-state index contributed by atoms with van der Waals surface area (Å²) in [6, 6.07) is 3.79. The van der Waals surface area contributed by atoms with E-state index in [0.717, 1.165) is 6.07 Å². The Morgan fingerprint density at radius 2 is 2.21 bits per heavy atom. The summed E-state index contributed by atoms with van der Waals surface area (Å²) in [5.74, 6) is -0.615. The Morgan fingerprint density at radius 1 is 1.57 bits per heavy atom. The van der Waals surface area contributed by atoms with Gasteiger partial charge in [-0.3, -0.25) is 14.9 Å². The molecule has 0 aromatic heterocycles. The van der Waals surface area contributed by atoms with Crippen LogP contribution >= 0.6 is 0 Å². The first-order valence-electron chi connectivity index (χ1n) is 3.68. The lowest BCUT2D eigenvalue weighted by atomic mass is 10.2. The minimum atomic E-state index is -0.712. The van der Waals surface area contributed by atoms with Crippen molar-refractivity contribution in [1.82, 2.24) is 0 Å². The smallest absolute Gasteiger partial charge is 0.311 e. The minimum Gasteiger partial charge on any atom is -0.490 e. The molecule has 1 aromatic carbocycles. The second-order valence-corrected chi connectivity index (χ2v) is 2.51. The maximum Gasteiger partial charge on any atom is 0.311 e. The zero-order valence-corrected chi connectivity index (χ0v) is 7.39. The number of carbonyl (C=O) groups is 1. The second-order valence-electron chi connectivity index (χ2n) is 2.51. The Hall–Kier alpha value is -2.11. The highest BCUT2D eigenvalue weighted by atomic mass is 16.6. The molecule has 6 nitrogen and oxygen atoms in total. The van der Waals surface area contributed by atoms with E-state index in [9.17, 15) is 14.9 Å².